The van der Waals surface area contributed by atoms with Gasteiger partial charge in [0.15, 0.2) is 5.82 Å². The van der Waals surface area contributed by atoms with Crippen LogP contribution in [0.15, 0.2) is 66.4 Å². The Balaban J connectivity index is 1.21. The minimum Gasteiger partial charge on any atom is -0.352 e. The molecular weight excluding hydrogens is 472 g/mol. The van der Waals surface area contributed by atoms with Crippen LogP contribution in [0.5, 0.6) is 0 Å². The summed E-state index contributed by atoms with van der Waals surface area (Å²) in [4.78, 5) is 38.3. The fourth-order valence-corrected chi connectivity index (χ4v) is 5.23. The Kier molecular flexibility index (Phi) is 7.18. The van der Waals surface area contributed by atoms with E-state index in [-0.39, 0.29) is 17.7 Å². The third-order valence-corrected chi connectivity index (χ3v) is 7.38. The molecule has 0 radical (unpaired) electrons. The summed E-state index contributed by atoms with van der Waals surface area (Å²) in [6.45, 7) is 3.76. The summed E-state index contributed by atoms with van der Waals surface area (Å²) in [6.07, 6.45) is 7.44. The molecule has 4 aromatic heterocycles. The number of likely N-dealkylation sites (tertiary alicyclic amines) is 1. The molecule has 0 unspecified atom stereocenters. The van der Waals surface area contributed by atoms with Crippen molar-refractivity contribution in [2.45, 2.75) is 32.1 Å². The smallest absolute Gasteiger partial charge is 0.255 e. The van der Waals surface area contributed by atoms with Crippen molar-refractivity contribution in [2.24, 2.45) is 0 Å². The van der Waals surface area contributed by atoms with Gasteiger partial charge in [-0.15, -0.1) is 11.3 Å². The van der Waals surface area contributed by atoms with Crippen molar-refractivity contribution >= 4 is 23.2 Å². The van der Waals surface area contributed by atoms with Gasteiger partial charge in [0.25, 0.3) is 11.8 Å². The number of rotatable bonds is 7. The minimum atomic E-state index is -0.0871. The molecule has 1 aliphatic rings. The van der Waals surface area contributed by atoms with Crippen LogP contribution >= 0.6 is 11.3 Å². The van der Waals surface area contributed by atoms with E-state index < -0.39 is 0 Å². The number of aromatic nitrogens is 4. The molecule has 1 fully saturated rings. The number of thiophene rings is 1. The van der Waals surface area contributed by atoms with Crippen LogP contribution in [0.3, 0.4) is 0 Å². The molecule has 36 heavy (non-hydrogen) atoms. The number of amides is 2. The molecule has 0 bridgehead atoms. The van der Waals surface area contributed by atoms with Gasteiger partial charge in [0.05, 0.1) is 16.8 Å². The quantitative estimate of drug-likeness (QED) is 0.414. The van der Waals surface area contributed by atoms with E-state index in [0.717, 1.165) is 30.7 Å². The topological polar surface area (TPSA) is 93.0 Å². The van der Waals surface area contributed by atoms with E-state index in [9.17, 15) is 9.59 Å². The summed E-state index contributed by atoms with van der Waals surface area (Å²) in [5, 5.41) is 9.26. The molecular formula is C27H28N6O2S. The maximum Gasteiger partial charge on any atom is 0.255 e. The molecule has 9 heteroatoms. The largest absolute Gasteiger partial charge is 0.352 e. The highest BCUT2D eigenvalue weighted by molar-refractivity contribution is 7.09. The summed E-state index contributed by atoms with van der Waals surface area (Å²) in [5.74, 6) is 0.682. The monoisotopic (exact) mass is 500 g/mol. The first-order chi connectivity index (χ1) is 17.6. The first-order valence-corrected chi connectivity index (χ1v) is 13.0. The van der Waals surface area contributed by atoms with Gasteiger partial charge in [-0.1, -0.05) is 6.07 Å². The summed E-state index contributed by atoms with van der Waals surface area (Å²) in [6, 6.07) is 13.3. The van der Waals surface area contributed by atoms with Gasteiger partial charge in [0.1, 0.15) is 0 Å². The van der Waals surface area contributed by atoms with Crippen LogP contribution in [0, 0.1) is 6.92 Å². The van der Waals surface area contributed by atoms with Crippen molar-refractivity contribution in [3.63, 3.8) is 0 Å². The number of pyridine rings is 2. The number of nitrogens with zero attached hydrogens (tertiary/aromatic N) is 5. The maximum absolute atomic E-state index is 13.1. The lowest BCUT2D eigenvalue weighted by Gasteiger charge is -2.32. The Bertz CT molecular complexity index is 1310. The van der Waals surface area contributed by atoms with E-state index in [1.165, 1.54) is 4.88 Å². The molecule has 5 rings (SSSR count). The highest BCUT2D eigenvalue weighted by Gasteiger charge is 2.28. The molecule has 2 amide bonds. The average Bonchev–Trinajstić information content (AvgIpc) is 3.63. The van der Waals surface area contributed by atoms with Crippen LogP contribution in [-0.2, 0) is 6.42 Å². The van der Waals surface area contributed by atoms with Crippen LogP contribution < -0.4 is 5.32 Å². The van der Waals surface area contributed by atoms with Gasteiger partial charge in [0.2, 0.25) is 0 Å². The molecule has 1 saturated heterocycles. The van der Waals surface area contributed by atoms with E-state index in [1.54, 1.807) is 40.5 Å². The summed E-state index contributed by atoms with van der Waals surface area (Å²) < 4.78 is 1.66. The summed E-state index contributed by atoms with van der Waals surface area (Å²) in [7, 11) is 0. The number of aryl methyl sites for hydroxylation is 1. The zero-order valence-electron chi connectivity index (χ0n) is 20.1. The Morgan fingerprint density at radius 1 is 1.11 bits per heavy atom. The number of carbonyl (C=O) groups is 2. The van der Waals surface area contributed by atoms with Gasteiger partial charge in [-0.2, -0.15) is 5.10 Å². The standard InChI is InChI=1S/C27H28N6O2S/c1-19-5-7-23(26(34)28-13-9-22-4-2-17-36-22)25(31-19)20-10-15-32(16-11-20)27(35)21-6-8-24(29-18-21)33-14-3-12-30-33/h2-8,12,14,17-18,20H,9-11,13,15-16H2,1H3,(H,28,34). The molecule has 0 atom stereocenters. The third-order valence-electron chi connectivity index (χ3n) is 6.45. The van der Waals surface area contributed by atoms with Crippen molar-refractivity contribution in [3.05, 3.63) is 93.8 Å². The van der Waals surface area contributed by atoms with Gasteiger partial charge in [-0.25, -0.2) is 9.67 Å². The minimum absolute atomic E-state index is 0.0308. The average molecular weight is 501 g/mol. The predicted molar refractivity (Wildman–Crippen MR) is 139 cm³/mol. The summed E-state index contributed by atoms with van der Waals surface area (Å²) >= 11 is 1.70. The lowest BCUT2D eigenvalue weighted by Crippen LogP contribution is -2.38. The van der Waals surface area contributed by atoms with Crippen molar-refractivity contribution in [3.8, 4) is 5.82 Å². The third kappa shape index (κ3) is 5.36. The van der Waals surface area contributed by atoms with E-state index in [1.807, 2.05) is 47.7 Å². The molecule has 1 aliphatic heterocycles. The first kappa shape index (κ1) is 23.9. The van der Waals surface area contributed by atoms with Crippen LogP contribution in [0.25, 0.3) is 5.82 Å². The Hall–Kier alpha value is -3.85. The SMILES string of the molecule is Cc1ccc(C(=O)NCCc2cccs2)c(C2CCN(C(=O)c3ccc(-n4cccn4)nc3)CC2)n1. The van der Waals surface area contributed by atoms with Crippen molar-refractivity contribution in [1.82, 2.24) is 30.0 Å². The van der Waals surface area contributed by atoms with Crippen LogP contribution in [-0.4, -0.2) is 56.1 Å². The zero-order chi connectivity index (χ0) is 24.9. The predicted octanol–water partition coefficient (Wildman–Crippen LogP) is 4.02. The fourth-order valence-electron chi connectivity index (χ4n) is 4.52. The molecule has 5 heterocycles. The van der Waals surface area contributed by atoms with E-state index in [0.29, 0.717) is 36.6 Å². The van der Waals surface area contributed by atoms with Crippen molar-refractivity contribution in [2.75, 3.05) is 19.6 Å². The maximum atomic E-state index is 13.1. The van der Waals surface area contributed by atoms with Gasteiger partial charge >= 0.3 is 0 Å². The molecule has 1 N–H and O–H groups in total. The highest BCUT2D eigenvalue weighted by atomic mass is 32.1. The fraction of sp³-hybridized carbons (Fsp3) is 0.296. The van der Waals surface area contributed by atoms with Crippen LogP contribution in [0.4, 0.5) is 0 Å². The highest BCUT2D eigenvalue weighted by Crippen LogP contribution is 2.30. The zero-order valence-corrected chi connectivity index (χ0v) is 20.9. The van der Waals surface area contributed by atoms with E-state index >= 15 is 0 Å². The van der Waals surface area contributed by atoms with Crippen LogP contribution in [0.2, 0.25) is 0 Å². The Morgan fingerprint density at radius 3 is 2.67 bits per heavy atom. The number of piperidine rings is 1. The molecule has 0 spiro atoms. The van der Waals surface area contributed by atoms with Crippen molar-refractivity contribution in [1.29, 1.82) is 0 Å². The second-order valence-corrected chi connectivity index (χ2v) is 9.93. The molecule has 8 nitrogen and oxygen atoms in total. The first-order valence-electron chi connectivity index (χ1n) is 12.1. The Morgan fingerprint density at radius 2 is 1.97 bits per heavy atom. The second kappa shape index (κ2) is 10.8. The normalized spacial score (nSPS) is 14.1. The van der Waals surface area contributed by atoms with Gasteiger partial charge in [-0.05, 0) is 68.0 Å². The number of hydrogen-bond donors (Lipinski definition) is 1. The van der Waals surface area contributed by atoms with Crippen LogP contribution in [0.1, 0.15) is 55.7 Å². The lowest BCUT2D eigenvalue weighted by atomic mass is 9.89. The number of nitrogens with one attached hydrogen (secondary N) is 1. The van der Waals surface area contributed by atoms with Crippen molar-refractivity contribution < 1.29 is 9.59 Å². The van der Waals surface area contributed by atoms with Gasteiger partial charge < -0.3 is 10.2 Å². The van der Waals surface area contributed by atoms with E-state index in [2.05, 4.69) is 21.5 Å². The van der Waals surface area contributed by atoms with Gasteiger partial charge in [0, 0.05) is 54.7 Å². The Labute approximate surface area is 214 Å². The van der Waals surface area contributed by atoms with Gasteiger partial charge in [-0.3, -0.25) is 14.6 Å². The molecule has 4 aromatic rings. The summed E-state index contributed by atoms with van der Waals surface area (Å²) in [5.41, 5.74) is 2.92. The second-order valence-electron chi connectivity index (χ2n) is 8.89. The number of carbonyl (C=O) groups excluding carboxylic acids is 2. The lowest BCUT2D eigenvalue weighted by molar-refractivity contribution is 0.0710. The molecule has 0 saturated carbocycles. The van der Waals surface area contributed by atoms with E-state index in [4.69, 9.17) is 4.98 Å². The molecule has 0 aliphatic carbocycles. The molecule has 184 valence electrons. The molecule has 0 aromatic carbocycles. The number of hydrogen-bond acceptors (Lipinski definition) is 6.